The number of esters is 1. The summed E-state index contributed by atoms with van der Waals surface area (Å²) in [6.45, 7) is 1.89. The van der Waals surface area contributed by atoms with Gasteiger partial charge in [0.1, 0.15) is 11.2 Å². The molecule has 0 fully saturated rings. The molecule has 0 aliphatic heterocycles. The summed E-state index contributed by atoms with van der Waals surface area (Å²) in [7, 11) is 1.29. The van der Waals surface area contributed by atoms with Crippen molar-refractivity contribution in [3.63, 3.8) is 0 Å². The van der Waals surface area contributed by atoms with Gasteiger partial charge in [0.05, 0.1) is 25.4 Å². The normalized spacial score (nSPS) is 24.6. The Labute approximate surface area is 151 Å². The predicted octanol–water partition coefficient (Wildman–Crippen LogP) is 3.90. The molecule has 5 heteroatoms. The third-order valence-corrected chi connectivity index (χ3v) is 5.02. The van der Waals surface area contributed by atoms with Crippen molar-refractivity contribution in [2.45, 2.75) is 19.3 Å². The molecule has 0 saturated heterocycles. The summed E-state index contributed by atoms with van der Waals surface area (Å²) >= 11 is 0. The average molecular weight is 349 g/mol. The van der Waals surface area contributed by atoms with E-state index in [1.807, 2.05) is 13.0 Å². The molecule has 1 aliphatic rings. The van der Waals surface area contributed by atoms with Crippen LogP contribution in [0.3, 0.4) is 0 Å². The Morgan fingerprint density at radius 1 is 1.23 bits per heavy atom. The molecule has 132 valence electrons. The third kappa shape index (κ3) is 2.55. The lowest BCUT2D eigenvalue weighted by Gasteiger charge is -2.32. The number of Topliss-reactive ketones (excluding diaryl/α,β-unsaturated/α-hetero) is 1. The molecule has 0 radical (unpaired) electrons. The molecule has 0 N–H and O–H groups in total. The number of ketones is 1. The first-order valence-electron chi connectivity index (χ1n) is 8.44. The van der Waals surface area contributed by atoms with E-state index in [0.717, 1.165) is 0 Å². The molecule has 0 bridgehead atoms. The lowest BCUT2D eigenvalue weighted by atomic mass is 9.65. The van der Waals surface area contributed by atoms with Crippen LogP contribution in [0.15, 0.2) is 64.8 Å². The summed E-state index contributed by atoms with van der Waals surface area (Å²) in [4.78, 5) is 25.9. The maximum atomic E-state index is 13.5. The molecule has 1 aromatic carbocycles. The molecule has 1 heterocycles. The first-order chi connectivity index (χ1) is 12.6. The zero-order valence-corrected chi connectivity index (χ0v) is 14.6. The molecule has 26 heavy (non-hydrogen) atoms. The number of allylic oxidation sites excluding steroid dienone is 1. The number of nitrogens with zero attached hydrogens (tertiary/aromatic N) is 1. The number of rotatable bonds is 5. The Kier molecular flexibility index (Phi) is 4.77. The minimum atomic E-state index is -1.46. The van der Waals surface area contributed by atoms with Crippen molar-refractivity contribution in [2.75, 3.05) is 7.11 Å². The molecule has 0 amide bonds. The topological polar surface area (TPSA) is 80.3 Å². The smallest absolute Gasteiger partial charge is 0.334 e. The SMILES string of the molecule is CCC1C=C(C(=O)OC)C(c2ccco2)C1(C#N)C(=O)c1ccccc1. The zero-order chi connectivity index (χ0) is 18.7. The van der Waals surface area contributed by atoms with Crippen molar-refractivity contribution < 1.29 is 18.7 Å². The molecule has 3 rings (SSSR count). The van der Waals surface area contributed by atoms with Gasteiger partial charge in [-0.05, 0) is 18.6 Å². The predicted molar refractivity (Wildman–Crippen MR) is 94.1 cm³/mol. The number of nitriles is 1. The van der Waals surface area contributed by atoms with Crippen molar-refractivity contribution in [1.82, 2.24) is 0 Å². The van der Waals surface area contributed by atoms with Gasteiger partial charge >= 0.3 is 5.97 Å². The monoisotopic (exact) mass is 349 g/mol. The first kappa shape index (κ1) is 17.7. The third-order valence-electron chi connectivity index (χ3n) is 5.02. The fraction of sp³-hybridized carbons (Fsp3) is 0.286. The maximum Gasteiger partial charge on any atom is 0.334 e. The van der Waals surface area contributed by atoms with Gasteiger partial charge < -0.3 is 9.15 Å². The van der Waals surface area contributed by atoms with Gasteiger partial charge in [-0.15, -0.1) is 0 Å². The number of methoxy groups -OCH3 is 1. The van der Waals surface area contributed by atoms with E-state index in [-0.39, 0.29) is 5.78 Å². The summed E-state index contributed by atoms with van der Waals surface area (Å²) in [6.07, 6.45) is 3.70. The van der Waals surface area contributed by atoms with Gasteiger partial charge in [-0.1, -0.05) is 43.3 Å². The van der Waals surface area contributed by atoms with Gasteiger partial charge in [0, 0.05) is 17.1 Å². The van der Waals surface area contributed by atoms with Crippen molar-refractivity contribution in [1.29, 1.82) is 5.26 Å². The van der Waals surface area contributed by atoms with Gasteiger partial charge in [-0.25, -0.2) is 4.79 Å². The van der Waals surface area contributed by atoms with E-state index in [4.69, 9.17) is 9.15 Å². The van der Waals surface area contributed by atoms with Crippen molar-refractivity contribution in [2.24, 2.45) is 11.3 Å². The highest BCUT2D eigenvalue weighted by atomic mass is 16.5. The van der Waals surface area contributed by atoms with E-state index in [2.05, 4.69) is 6.07 Å². The molecule has 5 nitrogen and oxygen atoms in total. The van der Waals surface area contributed by atoms with Crippen LogP contribution in [-0.2, 0) is 9.53 Å². The number of furan rings is 1. The molecule has 1 aliphatic carbocycles. The minimum absolute atomic E-state index is 0.292. The molecule has 3 unspecified atom stereocenters. The Bertz CT molecular complexity index is 876. The summed E-state index contributed by atoms with van der Waals surface area (Å²) in [5.74, 6) is -1.70. The Morgan fingerprint density at radius 2 is 1.96 bits per heavy atom. The number of hydrogen-bond donors (Lipinski definition) is 0. The van der Waals surface area contributed by atoms with E-state index in [9.17, 15) is 14.9 Å². The molecule has 3 atom stereocenters. The van der Waals surface area contributed by atoms with Gasteiger partial charge in [0.15, 0.2) is 5.78 Å². The van der Waals surface area contributed by atoms with E-state index >= 15 is 0 Å². The van der Waals surface area contributed by atoms with Crippen LogP contribution in [0.4, 0.5) is 0 Å². The highest BCUT2D eigenvalue weighted by Crippen LogP contribution is 2.55. The highest BCUT2D eigenvalue weighted by molar-refractivity contribution is 6.06. The van der Waals surface area contributed by atoms with Gasteiger partial charge in [-0.2, -0.15) is 5.26 Å². The summed E-state index contributed by atoms with van der Waals surface area (Å²) in [6, 6.07) is 14.3. The zero-order valence-electron chi connectivity index (χ0n) is 14.6. The minimum Gasteiger partial charge on any atom is -0.469 e. The maximum absolute atomic E-state index is 13.5. The van der Waals surface area contributed by atoms with Crippen LogP contribution >= 0.6 is 0 Å². The van der Waals surface area contributed by atoms with Gasteiger partial charge in [0.2, 0.25) is 0 Å². The van der Waals surface area contributed by atoms with Crippen molar-refractivity contribution >= 4 is 11.8 Å². The fourth-order valence-corrected chi connectivity index (χ4v) is 3.81. The van der Waals surface area contributed by atoms with Gasteiger partial charge in [0.25, 0.3) is 0 Å². The second kappa shape index (κ2) is 7.01. The van der Waals surface area contributed by atoms with Crippen LogP contribution in [0.5, 0.6) is 0 Å². The largest absolute Gasteiger partial charge is 0.469 e. The Balaban J connectivity index is 2.22. The lowest BCUT2D eigenvalue weighted by Crippen LogP contribution is -2.40. The quantitative estimate of drug-likeness (QED) is 0.604. The van der Waals surface area contributed by atoms with Crippen LogP contribution in [0.25, 0.3) is 0 Å². The Hall–Kier alpha value is -3.13. The van der Waals surface area contributed by atoms with E-state index < -0.39 is 23.2 Å². The van der Waals surface area contributed by atoms with E-state index in [0.29, 0.717) is 23.3 Å². The number of ether oxygens (including phenoxy) is 1. The lowest BCUT2D eigenvalue weighted by molar-refractivity contribution is -0.136. The van der Waals surface area contributed by atoms with Crippen LogP contribution < -0.4 is 0 Å². The molecule has 0 saturated carbocycles. The molecule has 1 aromatic heterocycles. The van der Waals surface area contributed by atoms with Gasteiger partial charge in [-0.3, -0.25) is 4.79 Å². The standard InChI is InChI=1S/C21H19NO4/c1-3-15-12-16(20(24)25-2)18(17-10-7-11-26-17)21(15,13-22)19(23)14-8-5-4-6-9-14/h4-12,15,18H,3H2,1-2H3. The summed E-state index contributed by atoms with van der Waals surface area (Å²) in [5.41, 5.74) is -0.735. The molecular formula is C21H19NO4. The number of hydrogen-bond acceptors (Lipinski definition) is 5. The molecule has 2 aromatic rings. The highest BCUT2D eigenvalue weighted by Gasteiger charge is 2.59. The molecular weight excluding hydrogens is 330 g/mol. The van der Waals surface area contributed by atoms with Crippen LogP contribution in [-0.4, -0.2) is 18.9 Å². The van der Waals surface area contributed by atoms with E-state index in [1.165, 1.54) is 13.4 Å². The first-order valence-corrected chi connectivity index (χ1v) is 8.44. The van der Waals surface area contributed by atoms with Crippen LogP contribution in [0.1, 0.15) is 35.4 Å². The Morgan fingerprint density at radius 3 is 2.50 bits per heavy atom. The van der Waals surface area contributed by atoms with Crippen molar-refractivity contribution in [3.8, 4) is 6.07 Å². The second-order valence-corrected chi connectivity index (χ2v) is 6.25. The number of carbonyl (C=O) groups is 2. The van der Waals surface area contributed by atoms with Crippen LogP contribution in [0.2, 0.25) is 0 Å². The number of benzene rings is 1. The molecule has 0 spiro atoms. The van der Waals surface area contributed by atoms with E-state index in [1.54, 1.807) is 42.5 Å². The summed E-state index contributed by atoms with van der Waals surface area (Å²) in [5, 5.41) is 10.2. The average Bonchev–Trinajstić information content (AvgIpc) is 3.32. The van der Waals surface area contributed by atoms with Crippen molar-refractivity contribution in [3.05, 3.63) is 71.7 Å². The second-order valence-electron chi connectivity index (χ2n) is 6.25. The fourth-order valence-electron chi connectivity index (χ4n) is 3.81. The number of carbonyl (C=O) groups excluding carboxylic acids is 2. The summed E-state index contributed by atoms with van der Waals surface area (Å²) < 4.78 is 10.4. The van der Waals surface area contributed by atoms with Crippen LogP contribution in [0, 0.1) is 22.7 Å².